The van der Waals surface area contributed by atoms with Gasteiger partial charge in [0, 0.05) is 19.2 Å². The van der Waals surface area contributed by atoms with Gasteiger partial charge in [-0.15, -0.1) is 0 Å². The second-order valence-corrected chi connectivity index (χ2v) is 6.22. The summed E-state index contributed by atoms with van der Waals surface area (Å²) < 4.78 is 11.2. The van der Waals surface area contributed by atoms with Gasteiger partial charge in [-0.25, -0.2) is 0 Å². The molecule has 2 atom stereocenters. The molecule has 1 aromatic rings. The Balaban J connectivity index is 1.79. The van der Waals surface area contributed by atoms with E-state index in [-0.39, 0.29) is 18.1 Å². The van der Waals surface area contributed by atoms with Crippen LogP contribution in [0.2, 0.25) is 0 Å². The van der Waals surface area contributed by atoms with Gasteiger partial charge in [0.1, 0.15) is 0 Å². The van der Waals surface area contributed by atoms with Crippen LogP contribution in [0.1, 0.15) is 45.1 Å². The average Bonchev–Trinajstić information content (AvgIpc) is 3.10. The molecule has 0 radical (unpaired) electrons. The topological polar surface area (TPSA) is 38.8 Å². The lowest BCUT2D eigenvalue weighted by molar-refractivity contribution is -0.135. The summed E-state index contributed by atoms with van der Waals surface area (Å²) in [7, 11) is 0. The highest BCUT2D eigenvalue weighted by Crippen LogP contribution is 2.14. The van der Waals surface area contributed by atoms with Crippen LogP contribution < -0.4 is 0 Å². The molecule has 0 saturated carbocycles. The standard InChI is InChI=1S/C19H29NO3/c1-3-16(2)20(14-17-8-5-4-6-9-17)19(21)11-13-22-15-18-10-7-12-23-18/h4-6,8-9,16,18H,3,7,10-15H2,1-2H3. The molecular formula is C19H29NO3. The number of carbonyl (C=O) groups excluding carboxylic acids is 1. The number of rotatable bonds is 9. The summed E-state index contributed by atoms with van der Waals surface area (Å²) in [5.41, 5.74) is 1.17. The maximum Gasteiger partial charge on any atom is 0.225 e. The first-order valence-corrected chi connectivity index (χ1v) is 8.73. The van der Waals surface area contributed by atoms with E-state index in [2.05, 4.69) is 26.0 Å². The van der Waals surface area contributed by atoms with E-state index in [0.717, 1.165) is 25.9 Å². The normalized spacial score (nSPS) is 18.8. The maximum absolute atomic E-state index is 12.6. The number of hydrogen-bond donors (Lipinski definition) is 0. The van der Waals surface area contributed by atoms with Crippen molar-refractivity contribution >= 4 is 5.91 Å². The Morgan fingerprint density at radius 3 is 2.83 bits per heavy atom. The Bertz CT molecular complexity index is 457. The second-order valence-electron chi connectivity index (χ2n) is 6.22. The van der Waals surface area contributed by atoms with Crippen LogP contribution in [0.5, 0.6) is 0 Å². The average molecular weight is 319 g/mol. The molecule has 1 saturated heterocycles. The smallest absolute Gasteiger partial charge is 0.225 e. The van der Waals surface area contributed by atoms with Crippen LogP contribution in [0.3, 0.4) is 0 Å². The number of carbonyl (C=O) groups is 1. The molecule has 128 valence electrons. The van der Waals surface area contributed by atoms with Crippen molar-refractivity contribution in [2.45, 2.75) is 58.2 Å². The van der Waals surface area contributed by atoms with Crippen LogP contribution >= 0.6 is 0 Å². The van der Waals surface area contributed by atoms with E-state index >= 15 is 0 Å². The summed E-state index contributed by atoms with van der Waals surface area (Å²) in [5, 5.41) is 0. The van der Waals surface area contributed by atoms with Gasteiger partial charge < -0.3 is 14.4 Å². The van der Waals surface area contributed by atoms with Gasteiger partial charge in [0.05, 0.1) is 25.7 Å². The number of amides is 1. The van der Waals surface area contributed by atoms with Crippen LogP contribution in [0.4, 0.5) is 0 Å². The first-order chi connectivity index (χ1) is 11.2. The van der Waals surface area contributed by atoms with Gasteiger partial charge in [-0.1, -0.05) is 37.3 Å². The zero-order chi connectivity index (χ0) is 16.5. The molecule has 1 aliphatic heterocycles. The Hall–Kier alpha value is -1.39. The van der Waals surface area contributed by atoms with E-state index in [4.69, 9.17) is 9.47 Å². The molecule has 0 aromatic heterocycles. The first kappa shape index (κ1) is 18.0. The molecule has 0 spiro atoms. The Labute approximate surface area is 139 Å². The Morgan fingerprint density at radius 1 is 1.39 bits per heavy atom. The van der Waals surface area contributed by atoms with Crippen LogP contribution in [0, 0.1) is 0 Å². The Kier molecular flexibility index (Phi) is 7.56. The van der Waals surface area contributed by atoms with Crippen molar-refractivity contribution in [2.24, 2.45) is 0 Å². The van der Waals surface area contributed by atoms with Gasteiger partial charge in [-0.3, -0.25) is 4.79 Å². The molecular weight excluding hydrogens is 290 g/mol. The number of nitrogens with zero attached hydrogens (tertiary/aromatic N) is 1. The monoisotopic (exact) mass is 319 g/mol. The molecule has 1 heterocycles. The van der Waals surface area contributed by atoms with Crippen molar-refractivity contribution in [1.82, 2.24) is 4.90 Å². The fourth-order valence-electron chi connectivity index (χ4n) is 2.78. The van der Waals surface area contributed by atoms with Crippen LogP contribution in [0.15, 0.2) is 30.3 Å². The van der Waals surface area contributed by atoms with E-state index in [1.54, 1.807) is 0 Å². The minimum atomic E-state index is 0.163. The first-order valence-electron chi connectivity index (χ1n) is 8.73. The molecule has 1 amide bonds. The highest BCUT2D eigenvalue weighted by atomic mass is 16.5. The largest absolute Gasteiger partial charge is 0.378 e. The molecule has 1 fully saturated rings. The molecule has 4 nitrogen and oxygen atoms in total. The fraction of sp³-hybridized carbons (Fsp3) is 0.632. The summed E-state index contributed by atoms with van der Waals surface area (Å²) in [5.74, 6) is 0.163. The molecule has 1 aliphatic rings. The van der Waals surface area contributed by atoms with Crippen molar-refractivity contribution in [3.05, 3.63) is 35.9 Å². The molecule has 4 heteroatoms. The highest BCUT2D eigenvalue weighted by Gasteiger charge is 2.20. The molecule has 2 rings (SSSR count). The molecule has 0 N–H and O–H groups in total. The predicted molar refractivity (Wildman–Crippen MR) is 91.2 cm³/mol. The number of benzene rings is 1. The van der Waals surface area contributed by atoms with Crippen LogP contribution in [-0.2, 0) is 20.8 Å². The van der Waals surface area contributed by atoms with Gasteiger partial charge in [-0.2, -0.15) is 0 Å². The summed E-state index contributed by atoms with van der Waals surface area (Å²) in [4.78, 5) is 14.5. The van der Waals surface area contributed by atoms with E-state index in [9.17, 15) is 4.79 Å². The van der Waals surface area contributed by atoms with Gasteiger partial charge in [0.15, 0.2) is 0 Å². The minimum absolute atomic E-state index is 0.163. The lowest BCUT2D eigenvalue weighted by atomic mass is 10.1. The van der Waals surface area contributed by atoms with E-state index in [0.29, 0.717) is 26.2 Å². The van der Waals surface area contributed by atoms with Gasteiger partial charge in [0.2, 0.25) is 5.91 Å². The summed E-state index contributed by atoms with van der Waals surface area (Å²) in [6.07, 6.45) is 3.80. The molecule has 0 aliphatic carbocycles. The van der Waals surface area contributed by atoms with Gasteiger partial charge in [0.25, 0.3) is 0 Å². The van der Waals surface area contributed by atoms with E-state index < -0.39 is 0 Å². The van der Waals surface area contributed by atoms with Crippen molar-refractivity contribution in [3.63, 3.8) is 0 Å². The zero-order valence-corrected chi connectivity index (χ0v) is 14.4. The summed E-state index contributed by atoms with van der Waals surface area (Å²) in [6.45, 7) is 6.81. The maximum atomic E-state index is 12.6. The van der Waals surface area contributed by atoms with Crippen molar-refractivity contribution in [2.75, 3.05) is 19.8 Å². The van der Waals surface area contributed by atoms with Crippen molar-refractivity contribution in [3.8, 4) is 0 Å². The summed E-state index contributed by atoms with van der Waals surface area (Å²) in [6, 6.07) is 10.4. The summed E-state index contributed by atoms with van der Waals surface area (Å²) >= 11 is 0. The lowest BCUT2D eigenvalue weighted by Crippen LogP contribution is -2.38. The molecule has 23 heavy (non-hydrogen) atoms. The van der Waals surface area contributed by atoms with E-state index in [1.165, 1.54) is 5.56 Å². The minimum Gasteiger partial charge on any atom is -0.378 e. The van der Waals surface area contributed by atoms with E-state index in [1.807, 2.05) is 23.1 Å². The Morgan fingerprint density at radius 2 is 2.17 bits per heavy atom. The molecule has 1 aromatic carbocycles. The lowest BCUT2D eigenvalue weighted by Gasteiger charge is -2.29. The number of hydrogen-bond acceptors (Lipinski definition) is 3. The highest BCUT2D eigenvalue weighted by molar-refractivity contribution is 5.76. The second kappa shape index (κ2) is 9.68. The number of ether oxygens (including phenoxy) is 2. The van der Waals surface area contributed by atoms with Gasteiger partial charge in [-0.05, 0) is 31.7 Å². The zero-order valence-electron chi connectivity index (χ0n) is 14.4. The third kappa shape index (κ3) is 5.96. The quantitative estimate of drug-likeness (QED) is 0.655. The molecule has 2 unspecified atom stereocenters. The fourth-order valence-corrected chi connectivity index (χ4v) is 2.78. The SMILES string of the molecule is CCC(C)N(Cc1ccccc1)C(=O)CCOCC1CCCO1. The third-order valence-electron chi connectivity index (χ3n) is 4.43. The van der Waals surface area contributed by atoms with Crippen LogP contribution in [0.25, 0.3) is 0 Å². The predicted octanol–water partition coefficient (Wildman–Crippen LogP) is 3.40. The van der Waals surface area contributed by atoms with Crippen molar-refractivity contribution in [1.29, 1.82) is 0 Å². The van der Waals surface area contributed by atoms with Crippen molar-refractivity contribution < 1.29 is 14.3 Å². The van der Waals surface area contributed by atoms with Crippen LogP contribution in [-0.4, -0.2) is 42.8 Å². The van der Waals surface area contributed by atoms with Gasteiger partial charge >= 0.3 is 0 Å². The third-order valence-corrected chi connectivity index (χ3v) is 4.43. The molecule has 0 bridgehead atoms.